The minimum atomic E-state index is -0.404. The smallest absolute Gasteiger partial charge is 0.251 e. The monoisotopic (exact) mass is 467 g/mol. The second kappa shape index (κ2) is 11.5. The van der Waals surface area contributed by atoms with E-state index in [1.807, 2.05) is 36.9 Å². The first kappa shape index (κ1) is 24.9. The molecule has 1 heterocycles. The SMILES string of the molecule is CC(C)C(=O)[C@H](NC(=O)c1cccc([C@H]2CCCN(C(=O)CNC3CC3)C2)c1)C1CCCCC1. The molecule has 2 atom stereocenters. The number of likely N-dealkylation sites (tertiary alicyclic amines) is 1. The van der Waals surface area contributed by atoms with Gasteiger partial charge in [-0.05, 0) is 62.1 Å². The quantitative estimate of drug-likeness (QED) is 0.574. The molecule has 3 fully saturated rings. The summed E-state index contributed by atoms with van der Waals surface area (Å²) in [6.07, 6.45) is 9.83. The van der Waals surface area contributed by atoms with Crippen molar-refractivity contribution in [3.63, 3.8) is 0 Å². The Morgan fingerprint density at radius 1 is 1.00 bits per heavy atom. The summed E-state index contributed by atoms with van der Waals surface area (Å²) in [4.78, 5) is 40.8. The average Bonchev–Trinajstić information content (AvgIpc) is 3.70. The third kappa shape index (κ3) is 6.47. The van der Waals surface area contributed by atoms with Crippen molar-refractivity contribution in [2.45, 2.75) is 89.6 Å². The second-order valence-corrected chi connectivity index (χ2v) is 10.9. The van der Waals surface area contributed by atoms with E-state index in [2.05, 4.69) is 16.7 Å². The lowest BCUT2D eigenvalue weighted by Gasteiger charge is -2.33. The summed E-state index contributed by atoms with van der Waals surface area (Å²) in [7, 11) is 0. The van der Waals surface area contributed by atoms with Crippen molar-refractivity contribution in [2.24, 2.45) is 11.8 Å². The maximum Gasteiger partial charge on any atom is 0.251 e. The number of carbonyl (C=O) groups excluding carboxylic acids is 3. The lowest BCUT2D eigenvalue weighted by atomic mass is 9.80. The van der Waals surface area contributed by atoms with Gasteiger partial charge in [0, 0.05) is 36.5 Å². The number of hydrogen-bond donors (Lipinski definition) is 2. The van der Waals surface area contributed by atoms with Gasteiger partial charge in [-0.25, -0.2) is 0 Å². The molecule has 1 saturated heterocycles. The number of ketones is 1. The molecule has 0 aromatic heterocycles. The van der Waals surface area contributed by atoms with Crippen LogP contribution in [0.1, 0.15) is 93.5 Å². The fourth-order valence-corrected chi connectivity index (χ4v) is 5.51. The molecule has 2 saturated carbocycles. The Morgan fingerprint density at radius 2 is 1.76 bits per heavy atom. The molecule has 1 aromatic carbocycles. The Kier molecular flexibility index (Phi) is 8.41. The van der Waals surface area contributed by atoms with Gasteiger partial charge in [0.25, 0.3) is 5.91 Å². The van der Waals surface area contributed by atoms with E-state index in [1.165, 1.54) is 19.3 Å². The van der Waals surface area contributed by atoms with Crippen molar-refractivity contribution >= 4 is 17.6 Å². The molecule has 1 aliphatic heterocycles. The van der Waals surface area contributed by atoms with Gasteiger partial charge >= 0.3 is 0 Å². The summed E-state index contributed by atoms with van der Waals surface area (Å²) in [6.45, 7) is 5.77. The maximum atomic E-state index is 13.3. The van der Waals surface area contributed by atoms with Crippen molar-refractivity contribution in [2.75, 3.05) is 19.6 Å². The minimum absolute atomic E-state index is 0.0984. The molecular weight excluding hydrogens is 426 g/mol. The van der Waals surface area contributed by atoms with Crippen LogP contribution in [0.4, 0.5) is 0 Å². The van der Waals surface area contributed by atoms with E-state index in [1.54, 1.807) is 0 Å². The van der Waals surface area contributed by atoms with Gasteiger partial charge in [0.1, 0.15) is 0 Å². The van der Waals surface area contributed by atoms with Crippen molar-refractivity contribution in [3.05, 3.63) is 35.4 Å². The number of amides is 2. The van der Waals surface area contributed by atoms with Gasteiger partial charge in [0.15, 0.2) is 5.78 Å². The van der Waals surface area contributed by atoms with Gasteiger partial charge in [0.05, 0.1) is 12.6 Å². The third-order valence-corrected chi connectivity index (χ3v) is 7.80. The molecule has 3 aliphatic rings. The van der Waals surface area contributed by atoms with E-state index in [0.717, 1.165) is 50.6 Å². The predicted octanol–water partition coefficient (Wildman–Crippen LogP) is 4.05. The summed E-state index contributed by atoms with van der Waals surface area (Å²) >= 11 is 0. The number of nitrogens with one attached hydrogen (secondary N) is 2. The van der Waals surface area contributed by atoms with Gasteiger partial charge in [-0.1, -0.05) is 45.2 Å². The first-order valence-electron chi connectivity index (χ1n) is 13.4. The van der Waals surface area contributed by atoms with Crippen LogP contribution in [0.2, 0.25) is 0 Å². The highest BCUT2D eigenvalue weighted by molar-refractivity contribution is 5.98. The highest BCUT2D eigenvalue weighted by Gasteiger charge is 2.33. The number of rotatable bonds is 9. The van der Waals surface area contributed by atoms with E-state index in [9.17, 15) is 14.4 Å². The Bertz CT molecular complexity index is 873. The summed E-state index contributed by atoms with van der Waals surface area (Å²) in [5.41, 5.74) is 1.71. The molecule has 0 unspecified atom stereocenters. The first-order chi connectivity index (χ1) is 16.4. The second-order valence-electron chi connectivity index (χ2n) is 10.9. The molecule has 2 N–H and O–H groups in total. The number of nitrogens with zero attached hydrogens (tertiary/aromatic N) is 1. The molecule has 0 spiro atoms. The lowest BCUT2D eigenvalue weighted by Crippen LogP contribution is -2.48. The Labute approximate surface area is 204 Å². The third-order valence-electron chi connectivity index (χ3n) is 7.80. The Morgan fingerprint density at radius 3 is 2.47 bits per heavy atom. The van der Waals surface area contributed by atoms with Gasteiger partial charge < -0.3 is 15.5 Å². The van der Waals surface area contributed by atoms with Gasteiger partial charge in [-0.3, -0.25) is 14.4 Å². The summed E-state index contributed by atoms with van der Waals surface area (Å²) < 4.78 is 0. The fraction of sp³-hybridized carbons (Fsp3) is 0.679. The zero-order chi connectivity index (χ0) is 24.1. The standard InChI is InChI=1S/C28H41N3O3/c1-19(2)27(33)26(20-8-4-3-5-9-20)30-28(34)22-11-6-10-21(16-22)23-12-7-15-31(18-23)25(32)17-29-24-13-14-24/h6,10-11,16,19-20,23-24,26,29H,3-5,7-9,12-15,17-18H2,1-2H3,(H,30,34)/t23-,26+/m0/s1. The largest absolute Gasteiger partial charge is 0.342 e. The van der Waals surface area contributed by atoms with Crippen LogP contribution >= 0.6 is 0 Å². The zero-order valence-corrected chi connectivity index (χ0v) is 20.9. The van der Waals surface area contributed by atoms with E-state index in [-0.39, 0.29) is 35.4 Å². The molecule has 2 aliphatic carbocycles. The average molecular weight is 468 g/mol. The summed E-state index contributed by atoms with van der Waals surface area (Å²) in [5.74, 6) is 0.518. The predicted molar refractivity (Wildman–Crippen MR) is 134 cm³/mol. The van der Waals surface area contributed by atoms with Crippen LogP contribution in [0.3, 0.4) is 0 Å². The number of benzene rings is 1. The van der Waals surface area contributed by atoms with Crippen LogP contribution in [0.25, 0.3) is 0 Å². The fourth-order valence-electron chi connectivity index (χ4n) is 5.51. The number of carbonyl (C=O) groups is 3. The van der Waals surface area contributed by atoms with Crippen LogP contribution in [0.15, 0.2) is 24.3 Å². The zero-order valence-electron chi connectivity index (χ0n) is 20.9. The number of piperidine rings is 1. The van der Waals surface area contributed by atoms with Crippen molar-refractivity contribution in [3.8, 4) is 0 Å². The van der Waals surface area contributed by atoms with Gasteiger partial charge in [-0.15, -0.1) is 0 Å². The number of hydrogen-bond acceptors (Lipinski definition) is 4. The summed E-state index contributed by atoms with van der Waals surface area (Å²) in [5, 5.41) is 6.44. The van der Waals surface area contributed by atoms with Crippen LogP contribution < -0.4 is 10.6 Å². The molecule has 4 rings (SSSR count). The van der Waals surface area contributed by atoms with E-state index in [0.29, 0.717) is 24.7 Å². The van der Waals surface area contributed by atoms with Crippen molar-refractivity contribution < 1.29 is 14.4 Å². The first-order valence-corrected chi connectivity index (χ1v) is 13.4. The molecular formula is C28H41N3O3. The highest BCUT2D eigenvalue weighted by atomic mass is 16.2. The number of Topliss-reactive ketones (excluding diaryl/α,β-unsaturated/α-hetero) is 1. The molecule has 186 valence electrons. The van der Waals surface area contributed by atoms with Crippen LogP contribution in [0, 0.1) is 11.8 Å². The van der Waals surface area contributed by atoms with E-state index in [4.69, 9.17) is 0 Å². The van der Waals surface area contributed by atoms with Crippen LogP contribution in [-0.2, 0) is 9.59 Å². The molecule has 6 heteroatoms. The van der Waals surface area contributed by atoms with Gasteiger partial charge in [0.2, 0.25) is 5.91 Å². The minimum Gasteiger partial charge on any atom is -0.342 e. The van der Waals surface area contributed by atoms with Crippen LogP contribution in [-0.4, -0.2) is 54.2 Å². The molecule has 0 radical (unpaired) electrons. The van der Waals surface area contributed by atoms with Crippen molar-refractivity contribution in [1.82, 2.24) is 15.5 Å². The lowest BCUT2D eigenvalue weighted by molar-refractivity contribution is -0.131. The van der Waals surface area contributed by atoms with Crippen LogP contribution in [0.5, 0.6) is 0 Å². The van der Waals surface area contributed by atoms with E-state index < -0.39 is 6.04 Å². The molecule has 2 amide bonds. The van der Waals surface area contributed by atoms with Gasteiger partial charge in [-0.2, -0.15) is 0 Å². The van der Waals surface area contributed by atoms with E-state index >= 15 is 0 Å². The molecule has 1 aromatic rings. The molecule has 0 bridgehead atoms. The normalized spacial score (nSPS) is 22.4. The van der Waals surface area contributed by atoms with Crippen molar-refractivity contribution in [1.29, 1.82) is 0 Å². The Hall–Kier alpha value is -2.21. The Balaban J connectivity index is 1.41. The molecule has 6 nitrogen and oxygen atoms in total. The highest BCUT2D eigenvalue weighted by Crippen LogP contribution is 2.30. The summed E-state index contributed by atoms with van der Waals surface area (Å²) in [6, 6.07) is 7.92. The molecule has 34 heavy (non-hydrogen) atoms. The maximum absolute atomic E-state index is 13.3. The topological polar surface area (TPSA) is 78.5 Å².